The van der Waals surface area contributed by atoms with Gasteiger partial charge >= 0.3 is 0 Å². The molecule has 0 spiro atoms. The molecule has 28 heavy (non-hydrogen) atoms. The molecule has 0 saturated carbocycles. The van der Waals surface area contributed by atoms with E-state index in [1.807, 2.05) is 25.3 Å². The second-order valence-corrected chi connectivity index (χ2v) is 7.82. The number of furan rings is 1. The molecule has 2 saturated heterocycles. The van der Waals surface area contributed by atoms with Gasteiger partial charge in [0.25, 0.3) is 0 Å². The van der Waals surface area contributed by atoms with Crippen LogP contribution in [0, 0.1) is 22.7 Å². The van der Waals surface area contributed by atoms with Gasteiger partial charge < -0.3 is 19.5 Å². The van der Waals surface area contributed by atoms with Gasteiger partial charge in [0.2, 0.25) is 0 Å². The summed E-state index contributed by atoms with van der Waals surface area (Å²) in [6.07, 6.45) is 3.82. The third-order valence-electron chi connectivity index (χ3n) is 5.89. The van der Waals surface area contributed by atoms with Crippen LogP contribution < -0.4 is 10.2 Å². The number of hydrogen-bond donors (Lipinski definition) is 1. The number of piperidine rings is 1. The third-order valence-corrected chi connectivity index (χ3v) is 5.89. The van der Waals surface area contributed by atoms with Crippen molar-refractivity contribution in [2.24, 2.45) is 0 Å². The summed E-state index contributed by atoms with van der Waals surface area (Å²) in [6, 6.07) is 9.24. The predicted molar refractivity (Wildman–Crippen MR) is 108 cm³/mol. The van der Waals surface area contributed by atoms with Crippen LogP contribution in [0.5, 0.6) is 0 Å². The smallest absolute Gasteiger partial charge is 0.195 e. The molecule has 150 valence electrons. The summed E-state index contributed by atoms with van der Waals surface area (Å²) in [5.74, 6) is 2.50. The fourth-order valence-corrected chi connectivity index (χ4v) is 4.14. The van der Waals surface area contributed by atoms with E-state index in [0.717, 1.165) is 44.4 Å². The lowest BCUT2D eigenvalue weighted by molar-refractivity contribution is 0.0874. The van der Waals surface area contributed by atoms with Gasteiger partial charge in [-0.1, -0.05) is 6.42 Å². The van der Waals surface area contributed by atoms with Crippen LogP contribution in [0.2, 0.25) is 0 Å². The topological polar surface area (TPSA) is 82.5 Å². The van der Waals surface area contributed by atoms with Gasteiger partial charge in [0.1, 0.15) is 23.7 Å². The number of hydrogen-bond acceptors (Lipinski definition) is 7. The first kappa shape index (κ1) is 20.1. The van der Waals surface area contributed by atoms with Crippen LogP contribution in [-0.2, 0) is 6.54 Å². The van der Waals surface area contributed by atoms with Crippen LogP contribution in [-0.4, -0.2) is 55.1 Å². The van der Waals surface area contributed by atoms with Crippen LogP contribution in [0.25, 0.3) is 0 Å². The summed E-state index contributed by atoms with van der Waals surface area (Å²) in [6.45, 7) is 8.48. The highest BCUT2D eigenvalue weighted by atomic mass is 16.4. The van der Waals surface area contributed by atoms with Gasteiger partial charge in [-0.2, -0.15) is 10.5 Å². The van der Waals surface area contributed by atoms with Crippen LogP contribution in [0.4, 0.5) is 5.88 Å². The Balaban J connectivity index is 1.57. The van der Waals surface area contributed by atoms with E-state index in [2.05, 4.69) is 39.9 Å². The van der Waals surface area contributed by atoms with Crippen LogP contribution in [0.3, 0.4) is 0 Å². The Labute approximate surface area is 167 Å². The maximum absolute atomic E-state index is 9.11. The molecule has 0 bridgehead atoms. The first-order valence-corrected chi connectivity index (χ1v) is 10.1. The Hall–Kier alpha value is -2.64. The zero-order chi connectivity index (χ0) is 20.1. The highest BCUT2D eigenvalue weighted by Gasteiger charge is 2.26. The van der Waals surface area contributed by atoms with E-state index < -0.39 is 0 Å². The Morgan fingerprint density at radius 2 is 1.96 bits per heavy atom. The number of rotatable bonds is 6. The molecule has 3 heterocycles. The molecule has 7 heteroatoms. The minimum atomic E-state index is 0.144. The number of nitrogens with one attached hydrogen (secondary N) is 1. The van der Waals surface area contributed by atoms with E-state index in [1.54, 1.807) is 0 Å². The maximum Gasteiger partial charge on any atom is 0.195 e. The van der Waals surface area contributed by atoms with Crippen molar-refractivity contribution in [3.8, 4) is 12.1 Å². The van der Waals surface area contributed by atoms with E-state index in [4.69, 9.17) is 14.9 Å². The number of likely N-dealkylation sites (N-methyl/N-ethyl adjacent to an activating group) is 1. The fraction of sp³-hybridized carbons (Fsp3) is 0.619. The summed E-state index contributed by atoms with van der Waals surface area (Å²) in [5, 5.41) is 21.4. The van der Waals surface area contributed by atoms with E-state index in [0.29, 0.717) is 17.9 Å². The summed E-state index contributed by atoms with van der Waals surface area (Å²) in [5.41, 5.74) is 0.144. The highest BCUT2D eigenvalue weighted by Crippen LogP contribution is 2.26. The zero-order valence-corrected chi connectivity index (χ0v) is 17.1. The van der Waals surface area contributed by atoms with Gasteiger partial charge in [0.05, 0.1) is 6.54 Å². The van der Waals surface area contributed by atoms with Gasteiger partial charge in [-0.3, -0.25) is 4.90 Å². The Bertz CT molecular complexity index is 760. The average molecular weight is 383 g/mol. The van der Waals surface area contributed by atoms with Crippen molar-refractivity contribution in [1.29, 1.82) is 10.5 Å². The molecule has 0 aromatic carbocycles. The highest BCUT2D eigenvalue weighted by molar-refractivity contribution is 5.40. The number of likely N-dealkylation sites (tertiary alicyclic amines) is 1. The standard InChI is InChI=1S/C21H30N6O/c1-16-5-4-6-17(2)27(16)15-19-7-8-20(28-19)25(3)11-12-26-10-9-24-21(26)18(13-22)14-23/h7-8,16-17,24H,4-6,9-12,15H2,1-3H3. The average Bonchev–Trinajstić information content (AvgIpc) is 3.34. The van der Waals surface area contributed by atoms with Crippen molar-refractivity contribution in [2.45, 2.75) is 51.7 Å². The fourth-order valence-electron chi connectivity index (χ4n) is 4.14. The Morgan fingerprint density at radius 3 is 2.64 bits per heavy atom. The second-order valence-electron chi connectivity index (χ2n) is 7.82. The molecule has 1 aromatic rings. The normalized spacial score (nSPS) is 22.5. The monoisotopic (exact) mass is 382 g/mol. The molecule has 1 N–H and O–H groups in total. The molecule has 0 radical (unpaired) electrons. The quantitative estimate of drug-likeness (QED) is 0.757. The zero-order valence-electron chi connectivity index (χ0n) is 17.1. The molecule has 2 unspecified atom stereocenters. The third kappa shape index (κ3) is 4.43. The molecule has 1 aromatic heterocycles. The second kappa shape index (κ2) is 9.03. The first-order valence-electron chi connectivity index (χ1n) is 10.1. The van der Waals surface area contributed by atoms with Crippen LogP contribution >= 0.6 is 0 Å². The van der Waals surface area contributed by atoms with E-state index in [9.17, 15) is 0 Å². The van der Waals surface area contributed by atoms with Crippen molar-refractivity contribution in [3.05, 3.63) is 29.3 Å². The first-order chi connectivity index (χ1) is 13.5. The van der Waals surface area contributed by atoms with Crippen molar-refractivity contribution >= 4 is 5.88 Å². The summed E-state index contributed by atoms with van der Waals surface area (Å²) in [4.78, 5) is 6.67. The van der Waals surface area contributed by atoms with Gasteiger partial charge in [-0.05, 0) is 32.8 Å². The lowest BCUT2D eigenvalue weighted by atomic mass is 9.97. The van der Waals surface area contributed by atoms with Crippen molar-refractivity contribution in [2.75, 3.05) is 38.1 Å². The molecule has 2 aliphatic heterocycles. The molecule has 3 rings (SSSR count). The molecular formula is C21H30N6O. The SMILES string of the molecule is CC1CCCC(C)N1Cc1ccc(N(C)CCN2CCNC2=C(C#N)C#N)o1. The lowest BCUT2D eigenvalue weighted by Crippen LogP contribution is -2.42. The van der Waals surface area contributed by atoms with Crippen LogP contribution in [0.15, 0.2) is 27.9 Å². The molecule has 0 amide bonds. The van der Waals surface area contributed by atoms with Crippen molar-refractivity contribution < 1.29 is 4.42 Å². The van der Waals surface area contributed by atoms with Crippen LogP contribution in [0.1, 0.15) is 38.9 Å². The van der Waals surface area contributed by atoms with Crippen molar-refractivity contribution in [1.82, 2.24) is 15.1 Å². The number of anilines is 1. The minimum Gasteiger partial charge on any atom is -0.444 e. The van der Waals surface area contributed by atoms with Gasteiger partial charge in [-0.15, -0.1) is 0 Å². The molecule has 2 fully saturated rings. The van der Waals surface area contributed by atoms with Gasteiger partial charge in [-0.25, -0.2) is 0 Å². The molecule has 2 aliphatic rings. The van der Waals surface area contributed by atoms with Gasteiger partial charge in [0.15, 0.2) is 11.5 Å². The van der Waals surface area contributed by atoms with Crippen molar-refractivity contribution in [3.63, 3.8) is 0 Å². The number of nitrogens with zero attached hydrogens (tertiary/aromatic N) is 5. The van der Waals surface area contributed by atoms with E-state index >= 15 is 0 Å². The Kier molecular flexibility index (Phi) is 6.49. The number of nitriles is 2. The minimum absolute atomic E-state index is 0.144. The molecule has 0 aliphatic carbocycles. The summed E-state index contributed by atoms with van der Waals surface area (Å²) < 4.78 is 6.11. The molecule has 2 atom stereocenters. The Morgan fingerprint density at radius 1 is 1.25 bits per heavy atom. The summed E-state index contributed by atoms with van der Waals surface area (Å²) in [7, 11) is 2.01. The summed E-state index contributed by atoms with van der Waals surface area (Å²) >= 11 is 0. The van der Waals surface area contributed by atoms with E-state index in [1.165, 1.54) is 19.3 Å². The molecule has 7 nitrogen and oxygen atoms in total. The lowest BCUT2D eigenvalue weighted by Gasteiger charge is -2.38. The molecular weight excluding hydrogens is 352 g/mol. The largest absolute Gasteiger partial charge is 0.444 e. The number of allylic oxidation sites excluding steroid dienone is 1. The predicted octanol–water partition coefficient (Wildman–Crippen LogP) is 2.64. The van der Waals surface area contributed by atoms with Gasteiger partial charge in [0, 0.05) is 51.4 Å². The maximum atomic E-state index is 9.11. The van der Waals surface area contributed by atoms with E-state index in [-0.39, 0.29) is 5.57 Å².